The number of rotatable bonds is 6. The van der Waals surface area contributed by atoms with Crippen molar-refractivity contribution in [3.05, 3.63) is 104 Å². The van der Waals surface area contributed by atoms with Crippen molar-refractivity contribution < 1.29 is 14.5 Å². The van der Waals surface area contributed by atoms with E-state index in [2.05, 4.69) is 31.8 Å². The Kier molecular flexibility index (Phi) is 6.66. The minimum absolute atomic E-state index is 0.0931. The number of nitro benzene ring substituents is 1. The number of nitrogens with one attached hydrogen (secondary N) is 2. The summed E-state index contributed by atoms with van der Waals surface area (Å²) >= 11 is 3.36. The second kappa shape index (κ2) is 9.57. The van der Waals surface area contributed by atoms with Gasteiger partial charge >= 0.3 is 0 Å². The number of nitro groups is 1. The summed E-state index contributed by atoms with van der Waals surface area (Å²) in [6.45, 7) is 0. The first-order valence-electron chi connectivity index (χ1n) is 8.67. The molecule has 2 amide bonds. The highest BCUT2D eigenvalue weighted by Gasteiger charge is 2.10. The maximum atomic E-state index is 12.2. The van der Waals surface area contributed by atoms with Crippen molar-refractivity contribution in [1.29, 1.82) is 0 Å². The predicted octanol–water partition coefficient (Wildman–Crippen LogP) is 4.37. The molecule has 3 aromatic rings. The van der Waals surface area contributed by atoms with Crippen LogP contribution in [-0.2, 0) is 0 Å². The molecule has 0 radical (unpaired) electrons. The maximum absolute atomic E-state index is 12.2. The van der Waals surface area contributed by atoms with Crippen LogP contribution in [0, 0.1) is 10.1 Å². The summed E-state index contributed by atoms with van der Waals surface area (Å²) in [6, 6.07) is 19.0. The van der Waals surface area contributed by atoms with Crippen LogP contribution in [0.1, 0.15) is 26.3 Å². The molecule has 3 rings (SSSR count). The van der Waals surface area contributed by atoms with Crippen molar-refractivity contribution in [3.63, 3.8) is 0 Å². The van der Waals surface area contributed by atoms with Crippen molar-refractivity contribution >= 4 is 45.3 Å². The number of anilines is 1. The fraction of sp³-hybridized carbons (Fsp3) is 0. The number of carbonyl (C=O) groups excluding carboxylic acids is 2. The SMILES string of the molecule is O=C(N/N=C\c1cccc(Br)c1)c1ccc(NC(=O)c2ccc([N+](=O)[O-])cc2)cc1. The molecule has 0 aliphatic rings. The van der Waals surface area contributed by atoms with Crippen LogP contribution in [0.4, 0.5) is 11.4 Å². The fourth-order valence-electron chi connectivity index (χ4n) is 2.46. The van der Waals surface area contributed by atoms with Gasteiger partial charge in [0.25, 0.3) is 17.5 Å². The lowest BCUT2D eigenvalue weighted by atomic mass is 10.1. The summed E-state index contributed by atoms with van der Waals surface area (Å²) in [7, 11) is 0. The molecule has 0 bridgehead atoms. The van der Waals surface area contributed by atoms with E-state index in [1.807, 2.05) is 24.3 Å². The molecule has 9 heteroatoms. The van der Waals surface area contributed by atoms with Crippen LogP contribution in [0.25, 0.3) is 0 Å². The zero-order chi connectivity index (χ0) is 21.5. The number of nitrogens with zero attached hydrogens (tertiary/aromatic N) is 2. The molecule has 0 aliphatic carbocycles. The summed E-state index contributed by atoms with van der Waals surface area (Å²) in [4.78, 5) is 34.5. The predicted molar refractivity (Wildman–Crippen MR) is 117 cm³/mol. The molecule has 0 atom stereocenters. The van der Waals surface area contributed by atoms with Crippen molar-refractivity contribution in [2.75, 3.05) is 5.32 Å². The van der Waals surface area contributed by atoms with Gasteiger partial charge in [0.05, 0.1) is 11.1 Å². The largest absolute Gasteiger partial charge is 0.322 e. The van der Waals surface area contributed by atoms with Gasteiger partial charge in [0.15, 0.2) is 0 Å². The fourth-order valence-corrected chi connectivity index (χ4v) is 2.88. The third-order valence-corrected chi connectivity index (χ3v) is 4.47. The molecule has 8 nitrogen and oxygen atoms in total. The van der Waals surface area contributed by atoms with Crippen LogP contribution in [0.3, 0.4) is 0 Å². The standard InChI is InChI=1S/C21H15BrN4O4/c22-17-3-1-2-14(12-17)13-23-25-21(28)16-4-8-18(9-5-16)24-20(27)15-6-10-19(11-7-15)26(29)30/h1-13H,(H,24,27)(H,25,28)/b23-13-. The first kappa shape index (κ1) is 20.9. The Bertz CT molecular complexity index is 1110. The highest BCUT2D eigenvalue weighted by atomic mass is 79.9. The minimum atomic E-state index is -0.533. The molecule has 3 aromatic carbocycles. The van der Waals surface area contributed by atoms with Gasteiger partial charge in [-0.05, 0) is 54.1 Å². The Balaban J connectivity index is 1.58. The monoisotopic (exact) mass is 466 g/mol. The summed E-state index contributed by atoms with van der Waals surface area (Å²) < 4.78 is 0.907. The number of hydrogen-bond donors (Lipinski definition) is 2. The molecular weight excluding hydrogens is 452 g/mol. The van der Waals surface area contributed by atoms with Crippen LogP contribution >= 0.6 is 15.9 Å². The molecule has 0 saturated carbocycles. The highest BCUT2D eigenvalue weighted by molar-refractivity contribution is 9.10. The van der Waals surface area contributed by atoms with Crippen LogP contribution in [0.15, 0.2) is 82.4 Å². The highest BCUT2D eigenvalue weighted by Crippen LogP contribution is 2.15. The van der Waals surface area contributed by atoms with Gasteiger partial charge in [-0.1, -0.05) is 28.1 Å². The third kappa shape index (κ3) is 5.58. The van der Waals surface area contributed by atoms with Crippen molar-refractivity contribution in [2.24, 2.45) is 5.10 Å². The van der Waals surface area contributed by atoms with Gasteiger partial charge < -0.3 is 5.32 Å². The second-order valence-electron chi connectivity index (χ2n) is 6.09. The molecule has 0 spiro atoms. The van der Waals surface area contributed by atoms with Gasteiger partial charge in [-0.3, -0.25) is 19.7 Å². The van der Waals surface area contributed by atoms with Crippen molar-refractivity contribution in [3.8, 4) is 0 Å². The zero-order valence-electron chi connectivity index (χ0n) is 15.4. The average molecular weight is 467 g/mol. The van der Waals surface area contributed by atoms with Crippen LogP contribution in [0.5, 0.6) is 0 Å². The molecule has 0 unspecified atom stereocenters. The molecule has 0 aliphatic heterocycles. The van der Waals surface area contributed by atoms with Crippen molar-refractivity contribution in [2.45, 2.75) is 0 Å². The summed E-state index contributed by atoms with van der Waals surface area (Å²) in [5, 5.41) is 17.3. The van der Waals surface area contributed by atoms with E-state index in [0.29, 0.717) is 11.3 Å². The second-order valence-corrected chi connectivity index (χ2v) is 7.01. The van der Waals surface area contributed by atoms with Crippen LogP contribution < -0.4 is 10.7 Å². The molecule has 30 heavy (non-hydrogen) atoms. The molecular formula is C21H15BrN4O4. The molecule has 2 N–H and O–H groups in total. The lowest BCUT2D eigenvalue weighted by Crippen LogP contribution is -2.17. The Morgan fingerprint density at radius 1 is 0.933 bits per heavy atom. The molecule has 0 aromatic heterocycles. The number of non-ortho nitro benzene ring substituents is 1. The van der Waals surface area contributed by atoms with Gasteiger partial charge in [-0.25, -0.2) is 5.43 Å². The number of halogens is 1. The quantitative estimate of drug-likeness (QED) is 0.318. The van der Waals surface area contributed by atoms with E-state index in [1.165, 1.54) is 30.5 Å². The van der Waals surface area contributed by atoms with E-state index in [0.717, 1.165) is 10.0 Å². The topological polar surface area (TPSA) is 114 Å². The minimum Gasteiger partial charge on any atom is -0.322 e. The lowest BCUT2D eigenvalue weighted by Gasteiger charge is -2.06. The third-order valence-electron chi connectivity index (χ3n) is 3.97. The Labute approximate surface area is 179 Å². The van der Waals surface area contributed by atoms with Gasteiger partial charge in [-0.15, -0.1) is 0 Å². The molecule has 150 valence electrons. The van der Waals surface area contributed by atoms with E-state index in [9.17, 15) is 19.7 Å². The first-order valence-corrected chi connectivity index (χ1v) is 9.46. The number of carbonyl (C=O) groups is 2. The molecule has 0 fully saturated rings. The van der Waals surface area contributed by atoms with E-state index in [-0.39, 0.29) is 11.3 Å². The van der Waals surface area contributed by atoms with Gasteiger partial charge in [0, 0.05) is 33.4 Å². The lowest BCUT2D eigenvalue weighted by molar-refractivity contribution is -0.384. The summed E-state index contributed by atoms with van der Waals surface area (Å²) in [5.74, 6) is -0.810. The van der Waals surface area contributed by atoms with E-state index in [1.54, 1.807) is 24.3 Å². The first-order chi connectivity index (χ1) is 14.4. The summed E-state index contributed by atoms with van der Waals surface area (Å²) in [5.41, 5.74) is 4.31. The summed E-state index contributed by atoms with van der Waals surface area (Å²) in [6.07, 6.45) is 1.53. The van der Waals surface area contributed by atoms with Gasteiger partial charge in [0.1, 0.15) is 0 Å². The number of hydrogen-bond acceptors (Lipinski definition) is 5. The number of benzene rings is 3. The van der Waals surface area contributed by atoms with Crippen molar-refractivity contribution in [1.82, 2.24) is 5.43 Å². The van der Waals surface area contributed by atoms with E-state index >= 15 is 0 Å². The maximum Gasteiger partial charge on any atom is 0.271 e. The normalized spacial score (nSPS) is 10.6. The van der Waals surface area contributed by atoms with Gasteiger partial charge in [-0.2, -0.15) is 5.10 Å². The van der Waals surface area contributed by atoms with Gasteiger partial charge in [0.2, 0.25) is 0 Å². The van der Waals surface area contributed by atoms with Crippen LogP contribution in [-0.4, -0.2) is 23.0 Å². The van der Waals surface area contributed by atoms with E-state index in [4.69, 9.17) is 0 Å². The average Bonchev–Trinajstić information content (AvgIpc) is 2.74. The molecule has 0 heterocycles. The number of amides is 2. The van der Waals surface area contributed by atoms with Crippen LogP contribution in [0.2, 0.25) is 0 Å². The Hall–Kier alpha value is -3.85. The smallest absolute Gasteiger partial charge is 0.271 e. The van der Waals surface area contributed by atoms with E-state index < -0.39 is 16.7 Å². The Morgan fingerprint density at radius 2 is 1.57 bits per heavy atom. The Morgan fingerprint density at radius 3 is 2.20 bits per heavy atom. The molecule has 0 saturated heterocycles. The number of hydrazone groups is 1. The zero-order valence-corrected chi connectivity index (χ0v) is 17.0.